The summed E-state index contributed by atoms with van der Waals surface area (Å²) >= 11 is 0. The zero-order valence-corrected chi connectivity index (χ0v) is 11.0. The third kappa shape index (κ3) is 2.53. The van der Waals surface area contributed by atoms with Crippen molar-refractivity contribution in [3.05, 3.63) is 51.6 Å². The number of rotatable bonds is 4. The normalized spacial score (nSPS) is 10.3. The molecule has 0 fully saturated rings. The molecule has 0 spiro atoms. The number of aromatic carboxylic acids is 1. The maximum absolute atomic E-state index is 11.9. The van der Waals surface area contributed by atoms with E-state index in [0.717, 1.165) is 0 Å². The van der Waals surface area contributed by atoms with Crippen LogP contribution < -0.4 is 0 Å². The van der Waals surface area contributed by atoms with Crippen molar-refractivity contribution in [2.75, 3.05) is 6.61 Å². The van der Waals surface area contributed by atoms with Gasteiger partial charge in [-0.3, -0.25) is 10.1 Å². The number of carbonyl (C=O) groups is 2. The highest BCUT2D eigenvalue weighted by molar-refractivity contribution is 6.14. The van der Waals surface area contributed by atoms with E-state index in [9.17, 15) is 24.8 Å². The molecule has 0 atom stereocenters. The van der Waals surface area contributed by atoms with Gasteiger partial charge in [-0.25, -0.2) is 9.59 Å². The number of hydrogen-bond donors (Lipinski definition) is 1. The minimum absolute atomic E-state index is 0.0828. The van der Waals surface area contributed by atoms with Crippen molar-refractivity contribution in [3.63, 3.8) is 0 Å². The molecule has 1 N–H and O–H groups in total. The van der Waals surface area contributed by atoms with Crippen LogP contribution >= 0.6 is 0 Å². The summed E-state index contributed by atoms with van der Waals surface area (Å²) < 4.78 is 4.88. The van der Waals surface area contributed by atoms with Crippen LogP contribution in [0.15, 0.2) is 30.3 Å². The smallest absolute Gasteiger partial charge is 0.338 e. The molecule has 108 valence electrons. The third-order valence-electron chi connectivity index (χ3n) is 2.94. The van der Waals surface area contributed by atoms with E-state index in [1.165, 1.54) is 30.3 Å². The van der Waals surface area contributed by atoms with E-state index >= 15 is 0 Å². The summed E-state index contributed by atoms with van der Waals surface area (Å²) in [6, 6.07) is 6.52. The van der Waals surface area contributed by atoms with E-state index in [2.05, 4.69) is 0 Å². The van der Waals surface area contributed by atoms with Gasteiger partial charge < -0.3 is 9.84 Å². The highest BCUT2D eigenvalue weighted by Crippen LogP contribution is 2.31. The molecule has 21 heavy (non-hydrogen) atoms. The number of nitro benzene ring substituents is 1. The van der Waals surface area contributed by atoms with Gasteiger partial charge in [-0.2, -0.15) is 0 Å². The van der Waals surface area contributed by atoms with Crippen LogP contribution in [0, 0.1) is 10.1 Å². The zero-order valence-electron chi connectivity index (χ0n) is 11.0. The second-order valence-electron chi connectivity index (χ2n) is 4.14. The van der Waals surface area contributed by atoms with Crippen LogP contribution in [0.2, 0.25) is 0 Å². The van der Waals surface area contributed by atoms with Crippen molar-refractivity contribution in [1.82, 2.24) is 0 Å². The fraction of sp³-hybridized carbons (Fsp3) is 0.143. The predicted octanol–water partition coefficient (Wildman–Crippen LogP) is 2.62. The molecular weight excluding hydrogens is 278 g/mol. The molecule has 0 aliphatic heterocycles. The largest absolute Gasteiger partial charge is 0.478 e. The van der Waals surface area contributed by atoms with Gasteiger partial charge in [0.1, 0.15) is 0 Å². The maximum atomic E-state index is 11.9. The highest BCUT2D eigenvalue weighted by Gasteiger charge is 2.23. The monoisotopic (exact) mass is 289 g/mol. The van der Waals surface area contributed by atoms with E-state index in [4.69, 9.17) is 4.74 Å². The Hall–Kier alpha value is -2.96. The molecular formula is C14H11NO6. The van der Waals surface area contributed by atoms with Crippen LogP contribution in [-0.2, 0) is 4.74 Å². The summed E-state index contributed by atoms with van der Waals surface area (Å²) in [5.74, 6) is -1.95. The van der Waals surface area contributed by atoms with Gasteiger partial charge in [0, 0.05) is 11.5 Å². The lowest BCUT2D eigenvalue weighted by atomic mass is 9.98. The summed E-state index contributed by atoms with van der Waals surface area (Å²) in [5.41, 5.74) is -0.498. The quantitative estimate of drug-likeness (QED) is 0.526. The molecule has 7 heteroatoms. The number of nitrogens with zero attached hydrogens (tertiary/aromatic N) is 1. The van der Waals surface area contributed by atoms with E-state index in [1.54, 1.807) is 6.92 Å². The molecule has 0 bridgehead atoms. The van der Waals surface area contributed by atoms with Crippen molar-refractivity contribution < 1.29 is 24.4 Å². The molecule has 2 rings (SSSR count). The Morgan fingerprint density at radius 2 is 1.90 bits per heavy atom. The fourth-order valence-electron chi connectivity index (χ4n) is 2.10. The molecule has 2 aromatic carbocycles. The van der Waals surface area contributed by atoms with E-state index in [1.807, 2.05) is 0 Å². The molecule has 0 saturated heterocycles. The fourth-order valence-corrected chi connectivity index (χ4v) is 2.10. The lowest BCUT2D eigenvalue weighted by Crippen LogP contribution is -2.08. The molecule has 0 radical (unpaired) electrons. The standard InChI is InChI=1S/C14H11NO6/c1-2-21-14(18)9-6-7-10(13(16)17)12-8(9)4-3-5-11(12)15(19)20/h3-7H,2H2,1H3,(H,16,17). The number of carbonyl (C=O) groups excluding carboxylic acids is 1. The van der Waals surface area contributed by atoms with Crippen molar-refractivity contribution in [1.29, 1.82) is 0 Å². The summed E-state index contributed by atoms with van der Waals surface area (Å²) in [5, 5.41) is 20.4. The van der Waals surface area contributed by atoms with Crippen LogP contribution in [0.3, 0.4) is 0 Å². The van der Waals surface area contributed by atoms with Gasteiger partial charge in [0.15, 0.2) is 0 Å². The Bertz CT molecular complexity index is 732. The number of carboxylic acids is 1. The molecule has 0 unspecified atom stereocenters. The summed E-state index contributed by atoms with van der Waals surface area (Å²) in [7, 11) is 0. The third-order valence-corrected chi connectivity index (χ3v) is 2.94. The van der Waals surface area contributed by atoms with Crippen molar-refractivity contribution in [2.45, 2.75) is 6.92 Å². The Kier molecular flexibility index (Phi) is 3.84. The lowest BCUT2D eigenvalue weighted by molar-refractivity contribution is -0.383. The molecule has 0 aromatic heterocycles. The number of benzene rings is 2. The molecule has 2 aromatic rings. The first-order valence-corrected chi connectivity index (χ1v) is 6.08. The Morgan fingerprint density at radius 1 is 1.24 bits per heavy atom. The van der Waals surface area contributed by atoms with Crippen molar-refractivity contribution in [3.8, 4) is 0 Å². The van der Waals surface area contributed by atoms with E-state index in [0.29, 0.717) is 0 Å². The number of fused-ring (bicyclic) bond motifs is 1. The van der Waals surface area contributed by atoms with Gasteiger partial charge >= 0.3 is 11.9 Å². The number of ether oxygens (including phenoxy) is 1. The lowest BCUT2D eigenvalue weighted by Gasteiger charge is -2.08. The summed E-state index contributed by atoms with van der Waals surface area (Å²) in [6.45, 7) is 1.78. The second-order valence-corrected chi connectivity index (χ2v) is 4.14. The van der Waals surface area contributed by atoms with Gasteiger partial charge in [-0.15, -0.1) is 0 Å². The van der Waals surface area contributed by atoms with Crippen LogP contribution in [0.25, 0.3) is 10.8 Å². The minimum atomic E-state index is -1.30. The van der Waals surface area contributed by atoms with Gasteiger partial charge in [0.05, 0.1) is 28.0 Å². The van der Waals surface area contributed by atoms with Crippen molar-refractivity contribution >= 4 is 28.4 Å². The molecule has 0 saturated carbocycles. The van der Waals surface area contributed by atoms with E-state index in [-0.39, 0.29) is 34.2 Å². The first kappa shape index (κ1) is 14.4. The van der Waals surface area contributed by atoms with Gasteiger partial charge in [-0.1, -0.05) is 12.1 Å². The number of hydrogen-bond acceptors (Lipinski definition) is 5. The van der Waals surface area contributed by atoms with Gasteiger partial charge in [0.25, 0.3) is 5.69 Å². The van der Waals surface area contributed by atoms with Gasteiger partial charge in [0.2, 0.25) is 0 Å². The first-order chi connectivity index (χ1) is 9.97. The van der Waals surface area contributed by atoms with Crippen molar-refractivity contribution in [2.24, 2.45) is 0 Å². The topological polar surface area (TPSA) is 107 Å². The Balaban J connectivity index is 2.86. The molecule has 0 aliphatic rings. The predicted molar refractivity (Wildman–Crippen MR) is 73.5 cm³/mol. The molecule has 0 aliphatic carbocycles. The zero-order chi connectivity index (χ0) is 15.6. The van der Waals surface area contributed by atoms with Crippen LogP contribution in [-0.4, -0.2) is 28.6 Å². The number of nitro groups is 1. The van der Waals surface area contributed by atoms with Crippen LogP contribution in [0.4, 0.5) is 5.69 Å². The number of esters is 1. The van der Waals surface area contributed by atoms with Gasteiger partial charge in [-0.05, 0) is 19.1 Å². The highest BCUT2D eigenvalue weighted by atomic mass is 16.6. The van der Waals surface area contributed by atoms with E-state index < -0.39 is 16.9 Å². The summed E-state index contributed by atoms with van der Waals surface area (Å²) in [6.07, 6.45) is 0. The second kappa shape index (κ2) is 5.58. The Labute approximate surface area is 118 Å². The average molecular weight is 289 g/mol. The maximum Gasteiger partial charge on any atom is 0.338 e. The first-order valence-electron chi connectivity index (χ1n) is 6.08. The molecule has 0 amide bonds. The summed E-state index contributed by atoms with van der Waals surface area (Å²) in [4.78, 5) is 33.6. The van der Waals surface area contributed by atoms with Crippen LogP contribution in [0.5, 0.6) is 0 Å². The Morgan fingerprint density at radius 3 is 2.48 bits per heavy atom. The SMILES string of the molecule is CCOC(=O)c1ccc(C(=O)O)c2c([N+](=O)[O-])cccc12. The number of carboxylic acid groups (broad SMARTS) is 1. The minimum Gasteiger partial charge on any atom is -0.478 e. The molecule has 7 nitrogen and oxygen atoms in total. The number of non-ortho nitro benzene ring substituents is 1. The van der Waals surface area contributed by atoms with Crippen LogP contribution in [0.1, 0.15) is 27.6 Å². The molecule has 0 heterocycles. The average Bonchev–Trinajstić information content (AvgIpc) is 2.45.